The fraction of sp³-hybridized carbons (Fsp3) is 0.533. The van der Waals surface area contributed by atoms with Gasteiger partial charge in [-0.3, -0.25) is 4.79 Å². The third kappa shape index (κ3) is 4.54. The van der Waals surface area contributed by atoms with Gasteiger partial charge in [-0.15, -0.1) is 0 Å². The Morgan fingerprint density at radius 1 is 1.19 bits per heavy atom. The number of sulfone groups is 1. The van der Waals surface area contributed by atoms with Crippen LogP contribution in [0.25, 0.3) is 0 Å². The zero-order chi connectivity index (χ0) is 15.6. The summed E-state index contributed by atoms with van der Waals surface area (Å²) in [7, 11) is -3.06. The van der Waals surface area contributed by atoms with Crippen LogP contribution in [0.3, 0.4) is 0 Å². The fourth-order valence-electron chi connectivity index (χ4n) is 2.57. The molecule has 1 fully saturated rings. The summed E-state index contributed by atoms with van der Waals surface area (Å²) in [6, 6.07) is 6.77. The predicted molar refractivity (Wildman–Crippen MR) is 80.9 cm³/mol. The molecule has 0 radical (unpaired) electrons. The van der Waals surface area contributed by atoms with Crippen LogP contribution >= 0.6 is 0 Å². The topological polar surface area (TPSA) is 63.7 Å². The lowest BCUT2D eigenvalue weighted by Gasteiger charge is -2.35. The molecule has 5 nitrogen and oxygen atoms in total. The number of nitrogens with zero attached hydrogens (tertiary/aromatic N) is 1. The zero-order valence-electron chi connectivity index (χ0n) is 12.6. The number of carbonyl (C=O) groups excluding carboxylic acids is 1. The van der Waals surface area contributed by atoms with Crippen molar-refractivity contribution in [3.63, 3.8) is 0 Å². The molecule has 1 aliphatic rings. The molecular weight excluding hydrogens is 290 g/mol. The third-order valence-corrected chi connectivity index (χ3v) is 4.19. The van der Waals surface area contributed by atoms with Crippen LogP contribution in [0.15, 0.2) is 24.3 Å². The standard InChI is InChI=1S/C15H21NO4S/c1-11-8-16(9-12(2)20-11)15(17)14-6-4-13(5-7-14)10-21(3,18)19/h4-7,11-12H,8-10H2,1-3H3/t11-,12-/m1/s1. The monoisotopic (exact) mass is 311 g/mol. The quantitative estimate of drug-likeness (QED) is 0.848. The lowest BCUT2D eigenvalue weighted by molar-refractivity contribution is -0.0586. The molecule has 0 spiro atoms. The van der Waals surface area contributed by atoms with Crippen molar-refractivity contribution in [1.82, 2.24) is 4.90 Å². The number of rotatable bonds is 3. The number of morpholine rings is 1. The number of amides is 1. The van der Waals surface area contributed by atoms with Crippen LogP contribution in [0.5, 0.6) is 0 Å². The second-order valence-electron chi connectivity index (χ2n) is 5.73. The number of hydrogen-bond donors (Lipinski definition) is 0. The van der Waals surface area contributed by atoms with E-state index in [9.17, 15) is 13.2 Å². The van der Waals surface area contributed by atoms with Gasteiger partial charge in [-0.2, -0.15) is 0 Å². The van der Waals surface area contributed by atoms with Gasteiger partial charge in [0.2, 0.25) is 0 Å². The Hall–Kier alpha value is -1.40. The number of benzene rings is 1. The number of carbonyl (C=O) groups is 1. The fourth-order valence-corrected chi connectivity index (χ4v) is 3.37. The maximum absolute atomic E-state index is 12.4. The largest absolute Gasteiger partial charge is 0.372 e. The van der Waals surface area contributed by atoms with E-state index in [-0.39, 0.29) is 23.9 Å². The highest BCUT2D eigenvalue weighted by atomic mass is 32.2. The van der Waals surface area contributed by atoms with E-state index in [1.54, 1.807) is 29.2 Å². The summed E-state index contributed by atoms with van der Waals surface area (Å²) in [4.78, 5) is 14.2. The molecule has 0 N–H and O–H groups in total. The van der Waals surface area contributed by atoms with Gasteiger partial charge in [0.25, 0.3) is 5.91 Å². The highest BCUT2D eigenvalue weighted by Crippen LogP contribution is 2.15. The predicted octanol–water partition coefficient (Wildman–Crippen LogP) is 1.48. The minimum Gasteiger partial charge on any atom is -0.372 e. The van der Waals surface area contributed by atoms with E-state index in [2.05, 4.69) is 0 Å². The van der Waals surface area contributed by atoms with E-state index >= 15 is 0 Å². The summed E-state index contributed by atoms with van der Waals surface area (Å²) in [5.41, 5.74) is 1.27. The number of hydrogen-bond acceptors (Lipinski definition) is 4. The average Bonchev–Trinajstić information content (AvgIpc) is 2.35. The summed E-state index contributed by atoms with van der Waals surface area (Å²) in [5.74, 6) is -0.0458. The second kappa shape index (κ2) is 6.15. The molecule has 0 aliphatic carbocycles. The van der Waals surface area contributed by atoms with Crippen LogP contribution < -0.4 is 0 Å². The summed E-state index contributed by atoms with van der Waals surface area (Å²) in [6.45, 7) is 5.05. The van der Waals surface area contributed by atoms with Gasteiger partial charge < -0.3 is 9.64 Å². The Balaban J connectivity index is 2.09. The van der Waals surface area contributed by atoms with Gasteiger partial charge in [0, 0.05) is 24.9 Å². The maximum Gasteiger partial charge on any atom is 0.254 e. The van der Waals surface area contributed by atoms with E-state index in [1.807, 2.05) is 13.8 Å². The van der Waals surface area contributed by atoms with Crippen LogP contribution in [0, 0.1) is 0 Å². The Kier molecular flexibility index (Phi) is 4.68. The first kappa shape index (κ1) is 16.0. The van der Waals surface area contributed by atoms with Gasteiger partial charge >= 0.3 is 0 Å². The van der Waals surface area contributed by atoms with E-state index in [0.717, 1.165) is 0 Å². The van der Waals surface area contributed by atoms with Crippen molar-refractivity contribution in [1.29, 1.82) is 0 Å². The van der Waals surface area contributed by atoms with Crippen LogP contribution in [-0.4, -0.2) is 50.8 Å². The molecule has 21 heavy (non-hydrogen) atoms. The van der Waals surface area contributed by atoms with Crippen LogP contribution in [0.1, 0.15) is 29.8 Å². The van der Waals surface area contributed by atoms with Crippen molar-refractivity contribution < 1.29 is 17.9 Å². The SMILES string of the molecule is C[C@@H]1CN(C(=O)c2ccc(CS(C)(=O)=O)cc2)C[C@@H](C)O1. The maximum atomic E-state index is 12.4. The van der Waals surface area contributed by atoms with E-state index in [1.165, 1.54) is 6.26 Å². The molecule has 116 valence electrons. The van der Waals surface area contributed by atoms with E-state index in [4.69, 9.17) is 4.74 Å². The Morgan fingerprint density at radius 3 is 2.19 bits per heavy atom. The van der Waals surface area contributed by atoms with Gasteiger partial charge in [0.1, 0.15) is 0 Å². The molecule has 0 unspecified atom stereocenters. The lowest BCUT2D eigenvalue weighted by Crippen LogP contribution is -2.48. The highest BCUT2D eigenvalue weighted by Gasteiger charge is 2.26. The van der Waals surface area contributed by atoms with Crippen molar-refractivity contribution >= 4 is 15.7 Å². The van der Waals surface area contributed by atoms with Crippen molar-refractivity contribution in [3.8, 4) is 0 Å². The first-order valence-electron chi connectivity index (χ1n) is 6.96. The molecule has 2 atom stereocenters. The van der Waals surface area contributed by atoms with Crippen molar-refractivity contribution in [3.05, 3.63) is 35.4 Å². The number of ether oxygens (including phenoxy) is 1. The normalized spacial score (nSPS) is 23.1. The summed E-state index contributed by atoms with van der Waals surface area (Å²) >= 11 is 0. The van der Waals surface area contributed by atoms with Crippen molar-refractivity contribution in [2.45, 2.75) is 31.8 Å². The molecule has 0 aromatic heterocycles. The highest BCUT2D eigenvalue weighted by molar-refractivity contribution is 7.89. The van der Waals surface area contributed by atoms with E-state index < -0.39 is 9.84 Å². The minimum absolute atomic E-state index is 0.00685. The first-order valence-corrected chi connectivity index (χ1v) is 9.02. The van der Waals surface area contributed by atoms with E-state index in [0.29, 0.717) is 24.2 Å². The molecule has 0 bridgehead atoms. The lowest BCUT2D eigenvalue weighted by atomic mass is 10.1. The molecule has 1 heterocycles. The minimum atomic E-state index is -3.06. The molecule has 0 saturated carbocycles. The van der Waals surface area contributed by atoms with Gasteiger partial charge in [0.15, 0.2) is 9.84 Å². The Morgan fingerprint density at radius 2 is 1.71 bits per heavy atom. The van der Waals surface area contributed by atoms with Crippen LogP contribution in [0.2, 0.25) is 0 Å². The smallest absolute Gasteiger partial charge is 0.254 e. The molecule has 2 rings (SSSR count). The molecule has 1 saturated heterocycles. The molecular formula is C15H21NO4S. The van der Waals surface area contributed by atoms with Gasteiger partial charge in [-0.05, 0) is 31.5 Å². The summed E-state index contributed by atoms with van der Waals surface area (Å²) < 4.78 is 28.1. The molecule has 6 heteroatoms. The first-order chi connectivity index (χ1) is 9.74. The molecule has 1 aromatic rings. The van der Waals surface area contributed by atoms with Crippen molar-refractivity contribution in [2.24, 2.45) is 0 Å². The van der Waals surface area contributed by atoms with Crippen molar-refractivity contribution in [2.75, 3.05) is 19.3 Å². The molecule has 1 aliphatic heterocycles. The Bertz CT molecular complexity index is 599. The summed E-state index contributed by atoms with van der Waals surface area (Å²) in [5, 5.41) is 0. The molecule has 1 amide bonds. The third-order valence-electron chi connectivity index (χ3n) is 3.34. The van der Waals surface area contributed by atoms with Crippen LogP contribution in [0.4, 0.5) is 0 Å². The molecule has 1 aromatic carbocycles. The Labute approximate surface area is 125 Å². The van der Waals surface area contributed by atoms with Gasteiger partial charge in [-0.25, -0.2) is 8.42 Å². The van der Waals surface area contributed by atoms with Gasteiger partial charge in [-0.1, -0.05) is 12.1 Å². The van der Waals surface area contributed by atoms with Gasteiger partial charge in [0.05, 0.1) is 18.0 Å². The summed E-state index contributed by atoms with van der Waals surface area (Å²) in [6.07, 6.45) is 1.26. The average molecular weight is 311 g/mol. The van der Waals surface area contributed by atoms with Crippen LogP contribution in [-0.2, 0) is 20.3 Å². The zero-order valence-corrected chi connectivity index (χ0v) is 13.4. The second-order valence-corrected chi connectivity index (χ2v) is 7.87.